The number of ether oxygens (including phenoxy) is 1. The van der Waals surface area contributed by atoms with Crippen LogP contribution in [0.15, 0.2) is 16.6 Å². The van der Waals surface area contributed by atoms with E-state index in [2.05, 4.69) is 15.9 Å². The van der Waals surface area contributed by atoms with Gasteiger partial charge in [-0.1, -0.05) is 15.9 Å². The van der Waals surface area contributed by atoms with E-state index in [1.54, 1.807) is 6.07 Å². The van der Waals surface area contributed by atoms with Gasteiger partial charge in [0.25, 0.3) is 0 Å². The summed E-state index contributed by atoms with van der Waals surface area (Å²) in [5.41, 5.74) is 7.14. The van der Waals surface area contributed by atoms with Crippen LogP contribution in [0.5, 0.6) is 5.75 Å². The SMILES string of the molecule is Cc1cc(Br)cc(N)c1OCC(O)CO. The molecule has 0 amide bonds. The third kappa shape index (κ3) is 3.37. The molecule has 0 aliphatic carbocycles. The predicted molar refractivity (Wildman–Crippen MR) is 61.9 cm³/mol. The van der Waals surface area contributed by atoms with Gasteiger partial charge in [-0.3, -0.25) is 0 Å². The van der Waals surface area contributed by atoms with Crippen LogP contribution in [0.1, 0.15) is 5.56 Å². The quantitative estimate of drug-likeness (QED) is 0.719. The number of aliphatic hydroxyl groups is 2. The highest BCUT2D eigenvalue weighted by Gasteiger charge is 2.09. The first-order chi connectivity index (χ1) is 7.04. The van der Waals surface area contributed by atoms with Crippen LogP contribution in [0.2, 0.25) is 0 Å². The minimum atomic E-state index is -0.882. The Morgan fingerprint density at radius 2 is 2.20 bits per heavy atom. The summed E-state index contributed by atoms with van der Waals surface area (Å²) in [4.78, 5) is 0. The third-order valence-electron chi connectivity index (χ3n) is 1.90. The molecule has 1 atom stereocenters. The first kappa shape index (κ1) is 12.3. The lowest BCUT2D eigenvalue weighted by atomic mass is 10.2. The lowest BCUT2D eigenvalue weighted by molar-refractivity contribution is 0.0536. The number of halogens is 1. The lowest BCUT2D eigenvalue weighted by Crippen LogP contribution is -2.21. The Morgan fingerprint density at radius 3 is 2.73 bits per heavy atom. The van der Waals surface area contributed by atoms with E-state index in [0.717, 1.165) is 10.0 Å². The summed E-state index contributed by atoms with van der Waals surface area (Å²) in [6.07, 6.45) is -0.882. The van der Waals surface area contributed by atoms with E-state index in [4.69, 9.17) is 20.7 Å². The molecule has 0 heterocycles. The Morgan fingerprint density at radius 1 is 1.53 bits per heavy atom. The van der Waals surface area contributed by atoms with Gasteiger partial charge in [-0.25, -0.2) is 0 Å². The topological polar surface area (TPSA) is 75.7 Å². The molecule has 1 rings (SSSR count). The van der Waals surface area contributed by atoms with Crippen LogP contribution in [0.4, 0.5) is 5.69 Å². The molecule has 0 saturated heterocycles. The average molecular weight is 276 g/mol. The maximum Gasteiger partial charge on any atom is 0.145 e. The molecular formula is C10H14BrNO3. The van der Waals surface area contributed by atoms with Crippen molar-refractivity contribution in [1.29, 1.82) is 0 Å². The Bertz CT molecular complexity index is 320. The fourth-order valence-corrected chi connectivity index (χ4v) is 1.78. The molecule has 1 unspecified atom stereocenters. The van der Waals surface area contributed by atoms with Gasteiger partial charge in [0.15, 0.2) is 0 Å². The highest BCUT2D eigenvalue weighted by atomic mass is 79.9. The molecule has 4 N–H and O–H groups in total. The maximum absolute atomic E-state index is 9.13. The number of anilines is 1. The first-order valence-electron chi connectivity index (χ1n) is 4.52. The summed E-state index contributed by atoms with van der Waals surface area (Å²) in [6, 6.07) is 3.60. The van der Waals surface area contributed by atoms with Crippen LogP contribution in [-0.4, -0.2) is 29.5 Å². The number of aliphatic hydroxyl groups excluding tert-OH is 2. The van der Waals surface area contributed by atoms with E-state index in [0.29, 0.717) is 11.4 Å². The molecule has 5 heteroatoms. The molecule has 0 aromatic heterocycles. The molecule has 1 aromatic carbocycles. The summed E-state index contributed by atoms with van der Waals surface area (Å²) in [5, 5.41) is 17.8. The van der Waals surface area contributed by atoms with Crippen molar-refractivity contribution in [3.8, 4) is 5.75 Å². The van der Waals surface area contributed by atoms with Crippen LogP contribution < -0.4 is 10.5 Å². The van der Waals surface area contributed by atoms with Crippen LogP contribution in [0.25, 0.3) is 0 Å². The van der Waals surface area contributed by atoms with E-state index in [-0.39, 0.29) is 13.2 Å². The largest absolute Gasteiger partial charge is 0.488 e. The summed E-state index contributed by atoms with van der Waals surface area (Å²) in [7, 11) is 0. The van der Waals surface area contributed by atoms with Crippen molar-refractivity contribution in [2.45, 2.75) is 13.0 Å². The zero-order valence-corrected chi connectivity index (χ0v) is 9.99. The highest BCUT2D eigenvalue weighted by Crippen LogP contribution is 2.29. The van der Waals surface area contributed by atoms with E-state index >= 15 is 0 Å². The number of aryl methyl sites for hydroxylation is 1. The smallest absolute Gasteiger partial charge is 0.145 e. The minimum Gasteiger partial charge on any atom is -0.488 e. The molecular weight excluding hydrogens is 262 g/mol. The van der Waals surface area contributed by atoms with Gasteiger partial charge in [-0.05, 0) is 24.6 Å². The number of nitrogens with two attached hydrogens (primary N) is 1. The number of rotatable bonds is 4. The Hall–Kier alpha value is -0.780. The molecule has 84 valence electrons. The van der Waals surface area contributed by atoms with E-state index < -0.39 is 6.10 Å². The Balaban J connectivity index is 2.77. The molecule has 0 radical (unpaired) electrons. The molecule has 0 bridgehead atoms. The van der Waals surface area contributed by atoms with Crippen molar-refractivity contribution in [3.63, 3.8) is 0 Å². The van der Waals surface area contributed by atoms with Gasteiger partial charge >= 0.3 is 0 Å². The van der Waals surface area contributed by atoms with Crippen molar-refractivity contribution in [2.75, 3.05) is 18.9 Å². The fraction of sp³-hybridized carbons (Fsp3) is 0.400. The number of hydrogen-bond donors (Lipinski definition) is 3. The standard InChI is InChI=1S/C10H14BrNO3/c1-6-2-7(11)3-9(12)10(6)15-5-8(14)4-13/h2-3,8,13-14H,4-5,12H2,1H3. The lowest BCUT2D eigenvalue weighted by Gasteiger charge is -2.14. The van der Waals surface area contributed by atoms with Crippen molar-refractivity contribution in [1.82, 2.24) is 0 Å². The Labute approximate surface area is 96.8 Å². The van der Waals surface area contributed by atoms with Gasteiger partial charge in [0.1, 0.15) is 18.5 Å². The molecule has 0 saturated carbocycles. The van der Waals surface area contributed by atoms with Gasteiger partial charge in [0, 0.05) is 4.47 Å². The fourth-order valence-electron chi connectivity index (χ4n) is 1.19. The number of hydrogen-bond acceptors (Lipinski definition) is 4. The molecule has 0 aliphatic rings. The van der Waals surface area contributed by atoms with E-state index in [1.165, 1.54) is 0 Å². The monoisotopic (exact) mass is 275 g/mol. The summed E-state index contributed by atoms with van der Waals surface area (Å²) in [5.74, 6) is 0.547. The molecule has 0 aliphatic heterocycles. The molecule has 1 aromatic rings. The summed E-state index contributed by atoms with van der Waals surface area (Å²) >= 11 is 3.32. The van der Waals surface area contributed by atoms with Gasteiger partial charge in [0.05, 0.1) is 12.3 Å². The van der Waals surface area contributed by atoms with Crippen LogP contribution >= 0.6 is 15.9 Å². The van der Waals surface area contributed by atoms with E-state index in [9.17, 15) is 0 Å². The van der Waals surface area contributed by atoms with Gasteiger partial charge in [-0.15, -0.1) is 0 Å². The predicted octanol–water partition coefficient (Wildman–Crippen LogP) is 1.07. The summed E-state index contributed by atoms with van der Waals surface area (Å²) < 4.78 is 6.20. The normalized spacial score (nSPS) is 12.5. The maximum atomic E-state index is 9.13. The minimum absolute atomic E-state index is 0.0309. The second-order valence-corrected chi connectivity index (χ2v) is 4.20. The van der Waals surface area contributed by atoms with Crippen LogP contribution in [0, 0.1) is 6.92 Å². The van der Waals surface area contributed by atoms with E-state index in [1.807, 2.05) is 13.0 Å². The third-order valence-corrected chi connectivity index (χ3v) is 2.36. The first-order valence-corrected chi connectivity index (χ1v) is 5.31. The average Bonchev–Trinajstić information content (AvgIpc) is 2.15. The van der Waals surface area contributed by atoms with Crippen molar-refractivity contribution >= 4 is 21.6 Å². The van der Waals surface area contributed by atoms with Gasteiger partial charge in [-0.2, -0.15) is 0 Å². The zero-order valence-electron chi connectivity index (χ0n) is 8.40. The molecule has 0 spiro atoms. The molecule has 0 fully saturated rings. The highest BCUT2D eigenvalue weighted by molar-refractivity contribution is 9.10. The Kier molecular flexibility index (Phi) is 4.38. The van der Waals surface area contributed by atoms with Crippen molar-refractivity contribution < 1.29 is 14.9 Å². The summed E-state index contributed by atoms with van der Waals surface area (Å²) in [6.45, 7) is 1.57. The van der Waals surface area contributed by atoms with Crippen molar-refractivity contribution in [3.05, 3.63) is 22.2 Å². The second-order valence-electron chi connectivity index (χ2n) is 3.29. The molecule has 15 heavy (non-hydrogen) atoms. The number of benzene rings is 1. The van der Waals surface area contributed by atoms with Gasteiger partial charge < -0.3 is 20.7 Å². The van der Waals surface area contributed by atoms with Gasteiger partial charge in [0.2, 0.25) is 0 Å². The van der Waals surface area contributed by atoms with Crippen LogP contribution in [0.3, 0.4) is 0 Å². The van der Waals surface area contributed by atoms with Crippen LogP contribution in [-0.2, 0) is 0 Å². The molecule has 4 nitrogen and oxygen atoms in total. The zero-order chi connectivity index (χ0) is 11.4. The van der Waals surface area contributed by atoms with Crippen molar-refractivity contribution in [2.24, 2.45) is 0 Å². The second kappa shape index (κ2) is 5.34. The number of nitrogen functional groups attached to an aromatic ring is 1.